The third-order valence-corrected chi connectivity index (χ3v) is 4.66. The predicted molar refractivity (Wildman–Crippen MR) is 128 cm³/mol. The maximum Gasteiger partial charge on any atom is 0.225 e. The summed E-state index contributed by atoms with van der Waals surface area (Å²) in [5.41, 5.74) is 1.85. The summed E-state index contributed by atoms with van der Waals surface area (Å²) in [7, 11) is 1.72. The zero-order chi connectivity index (χ0) is 20.3. The van der Waals surface area contributed by atoms with Crippen LogP contribution in [0.25, 0.3) is 0 Å². The minimum absolute atomic E-state index is 0. The molecular weight excluding hydrogens is 497 g/mol. The van der Waals surface area contributed by atoms with Crippen molar-refractivity contribution in [3.05, 3.63) is 54.0 Å². The lowest BCUT2D eigenvalue weighted by Crippen LogP contribution is -2.38. The number of carbonyl (C=O) groups excluding carboxylic acids is 1. The minimum Gasteiger partial charge on any atom is -0.467 e. The highest BCUT2D eigenvalue weighted by molar-refractivity contribution is 14.0. The van der Waals surface area contributed by atoms with Crippen LogP contribution in [0, 0.1) is 0 Å². The first kappa shape index (κ1) is 24.2. The Hall–Kier alpha value is -2.11. The number of ether oxygens (including phenoxy) is 1. The molecule has 1 saturated heterocycles. The molecule has 1 aromatic heterocycles. The van der Waals surface area contributed by atoms with Crippen LogP contribution in [0.4, 0.5) is 5.69 Å². The molecule has 1 aliphatic heterocycles. The summed E-state index contributed by atoms with van der Waals surface area (Å²) in [5.74, 6) is 1.55. The minimum atomic E-state index is 0. The highest BCUT2D eigenvalue weighted by Crippen LogP contribution is 2.11. The Labute approximate surface area is 194 Å². The number of halogens is 1. The summed E-state index contributed by atoms with van der Waals surface area (Å²) in [6.07, 6.45) is 2.12. The van der Waals surface area contributed by atoms with E-state index in [1.54, 1.807) is 13.3 Å². The maximum absolute atomic E-state index is 12.3. The molecule has 1 aliphatic rings. The summed E-state index contributed by atoms with van der Waals surface area (Å²) >= 11 is 0. The smallest absolute Gasteiger partial charge is 0.225 e. The van der Waals surface area contributed by atoms with Crippen LogP contribution >= 0.6 is 24.0 Å². The van der Waals surface area contributed by atoms with Gasteiger partial charge >= 0.3 is 0 Å². The fraction of sp³-hybridized carbons (Fsp3) is 0.429. The van der Waals surface area contributed by atoms with Gasteiger partial charge in [-0.1, -0.05) is 12.1 Å². The number of hydrogen-bond acceptors (Lipinski definition) is 5. The summed E-state index contributed by atoms with van der Waals surface area (Å²) in [5, 5.41) is 9.45. The number of hydrogen-bond donors (Lipinski definition) is 3. The average Bonchev–Trinajstić information content (AvgIpc) is 3.27. The van der Waals surface area contributed by atoms with Crippen LogP contribution < -0.4 is 16.0 Å². The molecule has 0 saturated carbocycles. The molecule has 3 rings (SSSR count). The Kier molecular flexibility index (Phi) is 10.7. The molecule has 3 N–H and O–H groups in total. The van der Waals surface area contributed by atoms with Gasteiger partial charge in [-0.2, -0.15) is 0 Å². The molecule has 1 fully saturated rings. The largest absolute Gasteiger partial charge is 0.467 e. The number of aliphatic imine (C=N–C) groups is 1. The topological polar surface area (TPSA) is 91.1 Å². The van der Waals surface area contributed by atoms with Gasteiger partial charge in [0.1, 0.15) is 5.76 Å². The van der Waals surface area contributed by atoms with E-state index < -0.39 is 0 Å². The molecule has 0 spiro atoms. The van der Waals surface area contributed by atoms with E-state index in [0.29, 0.717) is 25.5 Å². The summed E-state index contributed by atoms with van der Waals surface area (Å²) in [6, 6.07) is 11.6. The second kappa shape index (κ2) is 13.2. The molecule has 2 aromatic rings. The van der Waals surface area contributed by atoms with Crippen molar-refractivity contribution in [2.24, 2.45) is 4.99 Å². The van der Waals surface area contributed by atoms with Crippen LogP contribution in [-0.4, -0.2) is 56.7 Å². The van der Waals surface area contributed by atoms with E-state index in [9.17, 15) is 4.79 Å². The first-order valence-corrected chi connectivity index (χ1v) is 9.89. The molecule has 2 heterocycles. The Balaban J connectivity index is 0.00000320. The second-order valence-electron chi connectivity index (χ2n) is 6.81. The maximum atomic E-state index is 12.3. The number of nitrogens with zero attached hydrogens (tertiary/aromatic N) is 2. The lowest BCUT2D eigenvalue weighted by molar-refractivity contribution is -0.116. The third-order valence-electron chi connectivity index (χ3n) is 4.66. The number of rotatable bonds is 8. The number of carbonyl (C=O) groups is 1. The van der Waals surface area contributed by atoms with Gasteiger partial charge in [-0.3, -0.25) is 14.7 Å². The highest BCUT2D eigenvalue weighted by atomic mass is 127. The Bertz CT molecular complexity index is 792. The van der Waals surface area contributed by atoms with Crippen molar-refractivity contribution >= 4 is 41.5 Å². The molecule has 0 radical (unpaired) electrons. The standard InChI is InChI=1S/C21H29N5O3.HI/c1-22-21(24-16-19-6-3-11-29-19)23-15-17-4-2-5-18(14-17)25-20(27)7-8-26-9-12-28-13-10-26;/h2-6,11,14H,7-10,12-13,15-16H2,1H3,(H,25,27)(H2,22,23,24);1H. The van der Waals surface area contributed by atoms with Crippen molar-refractivity contribution in [3.63, 3.8) is 0 Å². The highest BCUT2D eigenvalue weighted by Gasteiger charge is 2.12. The molecule has 8 nitrogen and oxygen atoms in total. The first-order valence-electron chi connectivity index (χ1n) is 9.89. The predicted octanol–water partition coefficient (Wildman–Crippen LogP) is 2.42. The van der Waals surface area contributed by atoms with Gasteiger partial charge in [-0.15, -0.1) is 24.0 Å². The summed E-state index contributed by atoms with van der Waals surface area (Å²) in [4.78, 5) is 18.7. The van der Waals surface area contributed by atoms with Crippen molar-refractivity contribution in [2.75, 3.05) is 45.2 Å². The lowest BCUT2D eigenvalue weighted by atomic mass is 10.2. The Morgan fingerprint density at radius 3 is 2.67 bits per heavy atom. The van der Waals surface area contributed by atoms with Gasteiger partial charge in [0.05, 0.1) is 26.0 Å². The molecule has 0 aliphatic carbocycles. The van der Waals surface area contributed by atoms with E-state index in [1.165, 1.54) is 0 Å². The molecule has 0 unspecified atom stereocenters. The number of benzene rings is 1. The first-order chi connectivity index (χ1) is 14.2. The number of nitrogens with one attached hydrogen (secondary N) is 3. The fourth-order valence-electron chi connectivity index (χ4n) is 3.06. The van der Waals surface area contributed by atoms with Gasteiger partial charge < -0.3 is 25.1 Å². The van der Waals surface area contributed by atoms with E-state index >= 15 is 0 Å². The van der Waals surface area contributed by atoms with Gasteiger partial charge in [0, 0.05) is 45.3 Å². The molecular formula is C21H30IN5O3. The van der Waals surface area contributed by atoms with E-state index in [0.717, 1.165) is 49.9 Å². The number of furan rings is 1. The van der Waals surface area contributed by atoms with Crippen molar-refractivity contribution < 1.29 is 13.9 Å². The van der Waals surface area contributed by atoms with E-state index in [1.807, 2.05) is 36.4 Å². The number of guanidine groups is 1. The second-order valence-corrected chi connectivity index (χ2v) is 6.81. The number of amides is 1. The van der Waals surface area contributed by atoms with Gasteiger partial charge in [0.25, 0.3) is 0 Å². The molecule has 1 amide bonds. The van der Waals surface area contributed by atoms with Crippen LogP contribution in [0.2, 0.25) is 0 Å². The molecule has 164 valence electrons. The normalized spacial score (nSPS) is 14.6. The van der Waals surface area contributed by atoms with Crippen molar-refractivity contribution in [1.29, 1.82) is 0 Å². The van der Waals surface area contributed by atoms with Crippen LogP contribution in [0.3, 0.4) is 0 Å². The van der Waals surface area contributed by atoms with Crippen LogP contribution in [0.15, 0.2) is 52.1 Å². The van der Waals surface area contributed by atoms with Gasteiger partial charge in [0.2, 0.25) is 5.91 Å². The lowest BCUT2D eigenvalue weighted by Gasteiger charge is -2.26. The number of anilines is 1. The van der Waals surface area contributed by atoms with Crippen LogP contribution in [0.5, 0.6) is 0 Å². The summed E-state index contributed by atoms with van der Waals surface area (Å²) < 4.78 is 10.6. The quantitative estimate of drug-likeness (QED) is 0.278. The molecule has 0 bridgehead atoms. The van der Waals surface area contributed by atoms with Gasteiger partial charge in [0.15, 0.2) is 5.96 Å². The average molecular weight is 527 g/mol. The van der Waals surface area contributed by atoms with Crippen molar-refractivity contribution in [3.8, 4) is 0 Å². The van der Waals surface area contributed by atoms with Crippen molar-refractivity contribution in [2.45, 2.75) is 19.5 Å². The Morgan fingerprint density at radius 1 is 1.13 bits per heavy atom. The zero-order valence-corrected chi connectivity index (χ0v) is 19.6. The number of morpholine rings is 1. The zero-order valence-electron chi connectivity index (χ0n) is 17.2. The monoisotopic (exact) mass is 527 g/mol. The van der Waals surface area contributed by atoms with Crippen LogP contribution in [0.1, 0.15) is 17.7 Å². The molecule has 30 heavy (non-hydrogen) atoms. The molecule has 1 aromatic carbocycles. The SMILES string of the molecule is CN=C(NCc1cccc(NC(=O)CCN2CCOCC2)c1)NCc1ccco1.I. The summed E-state index contributed by atoms with van der Waals surface area (Å²) in [6.45, 7) is 5.19. The van der Waals surface area contributed by atoms with E-state index in [2.05, 4.69) is 25.8 Å². The Morgan fingerprint density at radius 2 is 1.93 bits per heavy atom. The van der Waals surface area contributed by atoms with E-state index in [-0.39, 0.29) is 29.9 Å². The fourth-order valence-corrected chi connectivity index (χ4v) is 3.06. The van der Waals surface area contributed by atoms with Crippen molar-refractivity contribution in [1.82, 2.24) is 15.5 Å². The molecule has 0 atom stereocenters. The van der Waals surface area contributed by atoms with Gasteiger partial charge in [-0.25, -0.2) is 0 Å². The van der Waals surface area contributed by atoms with Crippen LogP contribution in [-0.2, 0) is 22.6 Å². The van der Waals surface area contributed by atoms with Gasteiger partial charge in [-0.05, 0) is 29.8 Å². The third kappa shape index (κ3) is 8.33. The van der Waals surface area contributed by atoms with E-state index in [4.69, 9.17) is 9.15 Å². The molecule has 9 heteroatoms.